The fraction of sp³-hybridized carbons (Fsp3) is 0.500. The van der Waals surface area contributed by atoms with Crippen molar-refractivity contribution in [2.75, 3.05) is 11.4 Å². The highest BCUT2D eigenvalue weighted by Crippen LogP contribution is 2.41. The highest BCUT2D eigenvalue weighted by Gasteiger charge is 2.33. The van der Waals surface area contributed by atoms with E-state index in [1.54, 1.807) is 17.7 Å². The smallest absolute Gasteiger partial charge is 0.240 e. The minimum Gasteiger partial charge on any atom is -0.368 e. The van der Waals surface area contributed by atoms with Gasteiger partial charge in [0.15, 0.2) is 0 Å². The Morgan fingerprint density at radius 3 is 3.10 bits per heavy atom. The maximum absolute atomic E-state index is 11.6. The molecule has 1 saturated heterocycles. The molecule has 2 aliphatic rings. The van der Waals surface area contributed by atoms with Crippen LogP contribution < -0.4 is 10.6 Å². The van der Waals surface area contributed by atoms with Crippen molar-refractivity contribution in [2.24, 2.45) is 5.73 Å². The molecular weight excluding hydrogens is 272 g/mol. The van der Waals surface area contributed by atoms with Gasteiger partial charge in [0.05, 0.1) is 5.39 Å². The Morgan fingerprint density at radius 2 is 2.25 bits per heavy atom. The van der Waals surface area contributed by atoms with Crippen LogP contribution in [0.5, 0.6) is 0 Å². The van der Waals surface area contributed by atoms with Gasteiger partial charge in [-0.2, -0.15) is 0 Å². The Balaban J connectivity index is 1.89. The summed E-state index contributed by atoms with van der Waals surface area (Å²) in [5.41, 5.74) is 6.94. The van der Waals surface area contributed by atoms with Gasteiger partial charge in [0.2, 0.25) is 5.91 Å². The van der Waals surface area contributed by atoms with Crippen molar-refractivity contribution in [3.63, 3.8) is 0 Å². The van der Waals surface area contributed by atoms with E-state index < -0.39 is 0 Å². The van der Waals surface area contributed by atoms with Crippen LogP contribution in [0.1, 0.15) is 29.7 Å². The lowest BCUT2D eigenvalue weighted by atomic mass is 10.1. The van der Waals surface area contributed by atoms with E-state index in [-0.39, 0.29) is 11.9 Å². The average molecular weight is 288 g/mol. The van der Waals surface area contributed by atoms with Crippen LogP contribution in [0.2, 0.25) is 0 Å². The van der Waals surface area contributed by atoms with Crippen molar-refractivity contribution in [2.45, 2.75) is 38.1 Å². The van der Waals surface area contributed by atoms with Gasteiger partial charge in [0.1, 0.15) is 23.0 Å². The molecule has 0 aromatic carbocycles. The van der Waals surface area contributed by atoms with Gasteiger partial charge in [0.25, 0.3) is 0 Å². The zero-order valence-corrected chi connectivity index (χ0v) is 11.9. The van der Waals surface area contributed by atoms with Crippen LogP contribution >= 0.6 is 11.3 Å². The number of thiophene rings is 1. The molecule has 0 radical (unpaired) electrons. The van der Waals surface area contributed by atoms with E-state index in [9.17, 15) is 4.79 Å². The lowest BCUT2D eigenvalue weighted by Crippen LogP contribution is -2.40. The maximum atomic E-state index is 11.6. The van der Waals surface area contributed by atoms with Crippen LogP contribution in [0, 0.1) is 0 Å². The molecule has 6 heteroatoms. The van der Waals surface area contributed by atoms with Gasteiger partial charge in [-0.05, 0) is 37.7 Å². The number of aryl methyl sites for hydroxylation is 2. The van der Waals surface area contributed by atoms with Gasteiger partial charge in [-0.1, -0.05) is 0 Å². The molecule has 5 nitrogen and oxygen atoms in total. The Hall–Kier alpha value is -1.69. The third-order valence-electron chi connectivity index (χ3n) is 4.33. The lowest BCUT2D eigenvalue weighted by molar-refractivity contribution is -0.119. The molecule has 1 atom stereocenters. The monoisotopic (exact) mass is 288 g/mol. The maximum Gasteiger partial charge on any atom is 0.240 e. The molecule has 0 saturated carbocycles. The molecule has 2 aromatic heterocycles. The summed E-state index contributed by atoms with van der Waals surface area (Å²) in [5.74, 6) is 0.664. The second-order valence-corrected chi connectivity index (χ2v) is 6.57. The van der Waals surface area contributed by atoms with Crippen LogP contribution in [0.25, 0.3) is 10.2 Å². The molecule has 20 heavy (non-hydrogen) atoms. The second kappa shape index (κ2) is 4.41. The fourth-order valence-corrected chi connectivity index (χ4v) is 4.67. The van der Waals surface area contributed by atoms with Crippen molar-refractivity contribution < 1.29 is 4.79 Å². The van der Waals surface area contributed by atoms with Crippen molar-refractivity contribution in [3.05, 3.63) is 16.8 Å². The van der Waals surface area contributed by atoms with Gasteiger partial charge in [-0.3, -0.25) is 4.79 Å². The topological polar surface area (TPSA) is 72.1 Å². The Labute approximate surface area is 120 Å². The van der Waals surface area contributed by atoms with Crippen LogP contribution in [-0.2, 0) is 17.6 Å². The number of carbonyl (C=O) groups is 1. The molecule has 0 bridgehead atoms. The first-order valence-corrected chi connectivity index (χ1v) is 7.88. The summed E-state index contributed by atoms with van der Waals surface area (Å²) >= 11 is 1.78. The second-order valence-electron chi connectivity index (χ2n) is 5.49. The molecule has 0 spiro atoms. The lowest BCUT2D eigenvalue weighted by Gasteiger charge is -2.24. The number of primary amides is 1. The minimum atomic E-state index is -0.249. The van der Waals surface area contributed by atoms with Crippen LogP contribution in [-0.4, -0.2) is 28.5 Å². The van der Waals surface area contributed by atoms with E-state index in [1.807, 2.05) is 0 Å². The number of rotatable bonds is 2. The van der Waals surface area contributed by atoms with Crippen LogP contribution in [0.3, 0.4) is 0 Å². The molecule has 1 aliphatic heterocycles. The van der Waals surface area contributed by atoms with Gasteiger partial charge >= 0.3 is 0 Å². The normalized spacial score (nSPS) is 21.6. The molecule has 2 N–H and O–H groups in total. The Kier molecular flexibility index (Phi) is 2.66. The van der Waals surface area contributed by atoms with Gasteiger partial charge < -0.3 is 10.6 Å². The van der Waals surface area contributed by atoms with E-state index in [2.05, 4.69) is 14.9 Å². The first-order chi connectivity index (χ1) is 9.75. The van der Waals surface area contributed by atoms with Crippen LogP contribution in [0.4, 0.5) is 5.82 Å². The quantitative estimate of drug-likeness (QED) is 0.911. The zero-order chi connectivity index (χ0) is 13.7. The number of nitrogens with two attached hydrogens (primary N) is 1. The number of hydrogen-bond donors (Lipinski definition) is 1. The van der Waals surface area contributed by atoms with Crippen molar-refractivity contribution in [1.82, 2.24) is 9.97 Å². The highest BCUT2D eigenvalue weighted by atomic mass is 32.1. The van der Waals surface area contributed by atoms with E-state index in [0.29, 0.717) is 0 Å². The van der Waals surface area contributed by atoms with E-state index in [4.69, 9.17) is 5.73 Å². The molecule has 3 heterocycles. The first kappa shape index (κ1) is 12.1. The minimum absolute atomic E-state index is 0.218. The number of anilines is 1. The standard InChI is InChI=1S/C14H16N4OS/c15-12(19)9-4-2-6-18(9)13-11-8-3-1-5-10(8)20-14(11)17-7-16-13/h7,9H,1-6H2,(H2,15,19). The van der Waals surface area contributed by atoms with E-state index >= 15 is 0 Å². The number of fused-ring (bicyclic) bond motifs is 3. The fourth-order valence-electron chi connectivity index (χ4n) is 3.45. The third-order valence-corrected chi connectivity index (χ3v) is 5.53. The van der Waals surface area contributed by atoms with E-state index in [1.165, 1.54) is 16.9 Å². The summed E-state index contributed by atoms with van der Waals surface area (Å²) in [4.78, 5) is 25.1. The zero-order valence-electron chi connectivity index (χ0n) is 11.1. The predicted molar refractivity (Wildman–Crippen MR) is 79.0 cm³/mol. The Bertz CT molecular complexity index is 696. The van der Waals surface area contributed by atoms with Crippen molar-refractivity contribution in [1.29, 1.82) is 0 Å². The molecular formula is C14H16N4OS. The molecule has 4 rings (SSSR count). The number of carbonyl (C=O) groups excluding carboxylic acids is 1. The summed E-state index contributed by atoms with van der Waals surface area (Å²) in [5, 5.41) is 1.16. The number of aromatic nitrogens is 2. The summed E-state index contributed by atoms with van der Waals surface area (Å²) in [6.45, 7) is 0.852. The molecule has 1 unspecified atom stereocenters. The van der Waals surface area contributed by atoms with Crippen molar-refractivity contribution >= 4 is 33.3 Å². The third kappa shape index (κ3) is 1.64. The average Bonchev–Trinajstić information content (AvgIpc) is 3.12. The summed E-state index contributed by atoms with van der Waals surface area (Å²) in [6.07, 6.45) is 6.89. The summed E-state index contributed by atoms with van der Waals surface area (Å²) in [7, 11) is 0. The summed E-state index contributed by atoms with van der Waals surface area (Å²) < 4.78 is 0. The Morgan fingerprint density at radius 1 is 1.35 bits per heavy atom. The predicted octanol–water partition coefficient (Wildman–Crippen LogP) is 1.63. The number of hydrogen-bond acceptors (Lipinski definition) is 5. The molecule has 2 aromatic rings. The van der Waals surface area contributed by atoms with Crippen LogP contribution in [0.15, 0.2) is 6.33 Å². The highest BCUT2D eigenvalue weighted by molar-refractivity contribution is 7.19. The van der Waals surface area contributed by atoms with Gasteiger partial charge in [-0.25, -0.2) is 9.97 Å². The molecule has 104 valence electrons. The summed E-state index contributed by atoms with van der Waals surface area (Å²) in [6, 6.07) is -0.218. The molecule has 1 aliphatic carbocycles. The van der Waals surface area contributed by atoms with Crippen molar-refractivity contribution in [3.8, 4) is 0 Å². The molecule has 1 fully saturated rings. The van der Waals surface area contributed by atoms with Gasteiger partial charge in [0, 0.05) is 11.4 Å². The van der Waals surface area contributed by atoms with E-state index in [0.717, 1.165) is 48.3 Å². The number of amides is 1. The van der Waals surface area contributed by atoms with Gasteiger partial charge in [-0.15, -0.1) is 11.3 Å². The largest absolute Gasteiger partial charge is 0.368 e. The first-order valence-electron chi connectivity index (χ1n) is 7.07. The SMILES string of the molecule is NC(=O)C1CCCN1c1ncnc2sc3c(c12)CCC3. The number of nitrogens with zero attached hydrogens (tertiary/aromatic N) is 3. The molecule has 1 amide bonds.